The van der Waals surface area contributed by atoms with Gasteiger partial charge in [-0.1, -0.05) is 32.6 Å². The van der Waals surface area contributed by atoms with Crippen molar-refractivity contribution in [3.05, 3.63) is 0 Å². The molecule has 0 aromatic carbocycles. The van der Waals surface area contributed by atoms with Crippen molar-refractivity contribution in [1.29, 1.82) is 0 Å². The molecule has 3 aliphatic rings. The number of hydrogen-bond donors (Lipinski definition) is 1. The van der Waals surface area contributed by atoms with Gasteiger partial charge in [0.05, 0.1) is 0 Å². The molecule has 2 heterocycles. The predicted molar refractivity (Wildman–Crippen MR) is 115 cm³/mol. The normalized spacial score (nSPS) is 26.8. The molecule has 1 unspecified atom stereocenters. The molecule has 0 amide bonds. The number of rotatable bonds is 4. The molecule has 2 saturated heterocycles. The largest absolute Gasteiger partial charge is 0.355 e. The van der Waals surface area contributed by atoms with E-state index in [0.29, 0.717) is 11.5 Å². The molecule has 0 radical (unpaired) electrons. The van der Waals surface area contributed by atoms with Gasteiger partial charge in [0.1, 0.15) is 0 Å². The number of nitrogens with one attached hydrogen (secondary N) is 1. The fourth-order valence-electron chi connectivity index (χ4n) is 5.50. The predicted octanol–water partition coefficient (Wildman–Crippen LogP) is 3.02. The van der Waals surface area contributed by atoms with Crippen molar-refractivity contribution in [2.45, 2.75) is 71.3 Å². The van der Waals surface area contributed by atoms with E-state index in [1.165, 1.54) is 97.2 Å². The maximum absolute atomic E-state index is 4.66. The number of piperazine rings is 1. The van der Waals surface area contributed by atoms with Crippen molar-refractivity contribution < 1.29 is 0 Å². The smallest absolute Gasteiger partial charge is 0.193 e. The number of likely N-dealkylation sites (N-methyl/N-ethyl adjacent to an activating group) is 1. The first-order chi connectivity index (χ1) is 13.2. The van der Waals surface area contributed by atoms with Crippen LogP contribution in [0.1, 0.15) is 65.2 Å². The van der Waals surface area contributed by atoms with Crippen LogP contribution in [0.15, 0.2) is 4.99 Å². The zero-order chi connectivity index (χ0) is 19.1. The molecular formula is C22H43N5. The fourth-order valence-corrected chi connectivity index (χ4v) is 5.50. The average molecular weight is 378 g/mol. The Labute approximate surface area is 167 Å². The summed E-state index contributed by atoms with van der Waals surface area (Å²) in [6.07, 6.45) is 11.4. The summed E-state index contributed by atoms with van der Waals surface area (Å²) in [7, 11) is 1.96. The molecule has 3 rings (SSSR count). The van der Waals surface area contributed by atoms with Crippen LogP contribution >= 0.6 is 0 Å². The molecule has 2 aliphatic heterocycles. The van der Waals surface area contributed by atoms with Gasteiger partial charge in [-0.15, -0.1) is 0 Å². The van der Waals surface area contributed by atoms with Gasteiger partial charge < -0.3 is 15.1 Å². The summed E-state index contributed by atoms with van der Waals surface area (Å²) in [5.41, 5.74) is 0.564. The average Bonchev–Trinajstić information content (AvgIpc) is 2.93. The Bertz CT molecular complexity index is 461. The lowest BCUT2D eigenvalue weighted by Crippen LogP contribution is -2.55. The molecular weight excluding hydrogens is 334 g/mol. The zero-order valence-corrected chi connectivity index (χ0v) is 18.2. The van der Waals surface area contributed by atoms with Crippen LogP contribution in [-0.2, 0) is 0 Å². The van der Waals surface area contributed by atoms with Gasteiger partial charge in [0.25, 0.3) is 0 Å². The lowest BCUT2D eigenvalue weighted by molar-refractivity contribution is 0.103. The number of likely N-dealkylation sites (tertiary alicyclic amines) is 1. The highest BCUT2D eigenvalue weighted by atomic mass is 15.3. The second-order valence-corrected chi connectivity index (χ2v) is 9.19. The highest BCUT2D eigenvalue weighted by molar-refractivity contribution is 5.80. The molecule has 0 aromatic heterocycles. The van der Waals surface area contributed by atoms with E-state index in [-0.39, 0.29) is 0 Å². The van der Waals surface area contributed by atoms with Gasteiger partial charge in [-0.2, -0.15) is 0 Å². The van der Waals surface area contributed by atoms with E-state index in [1.54, 1.807) is 0 Å². The second-order valence-electron chi connectivity index (χ2n) is 9.19. The monoisotopic (exact) mass is 377 g/mol. The third kappa shape index (κ3) is 5.60. The minimum Gasteiger partial charge on any atom is -0.355 e. The highest BCUT2D eigenvalue weighted by Gasteiger charge is 2.36. The number of guanidine groups is 1. The van der Waals surface area contributed by atoms with Crippen LogP contribution in [0.3, 0.4) is 0 Å². The van der Waals surface area contributed by atoms with Crippen molar-refractivity contribution in [2.24, 2.45) is 10.4 Å². The third-order valence-electron chi connectivity index (χ3n) is 7.37. The van der Waals surface area contributed by atoms with E-state index in [2.05, 4.69) is 38.9 Å². The van der Waals surface area contributed by atoms with Gasteiger partial charge in [0.15, 0.2) is 5.96 Å². The lowest BCUT2D eigenvalue weighted by atomic mass is 9.74. The maximum atomic E-state index is 4.66. The van der Waals surface area contributed by atoms with Crippen molar-refractivity contribution in [2.75, 3.05) is 59.4 Å². The van der Waals surface area contributed by atoms with Crippen LogP contribution in [0.2, 0.25) is 0 Å². The van der Waals surface area contributed by atoms with Crippen molar-refractivity contribution >= 4 is 5.96 Å². The minimum atomic E-state index is 0.564. The van der Waals surface area contributed by atoms with E-state index in [0.717, 1.165) is 12.5 Å². The van der Waals surface area contributed by atoms with Crippen LogP contribution in [0.4, 0.5) is 0 Å². The van der Waals surface area contributed by atoms with Crippen molar-refractivity contribution in [3.8, 4) is 0 Å². The summed E-state index contributed by atoms with van der Waals surface area (Å²) in [5.74, 6) is 1.14. The van der Waals surface area contributed by atoms with Crippen molar-refractivity contribution in [3.63, 3.8) is 0 Å². The number of nitrogens with zero attached hydrogens (tertiary/aromatic N) is 4. The van der Waals surface area contributed by atoms with Crippen molar-refractivity contribution in [1.82, 2.24) is 20.0 Å². The third-order valence-corrected chi connectivity index (χ3v) is 7.37. The van der Waals surface area contributed by atoms with Gasteiger partial charge in [-0.25, -0.2) is 0 Å². The van der Waals surface area contributed by atoms with E-state index < -0.39 is 0 Å². The van der Waals surface area contributed by atoms with Gasteiger partial charge >= 0.3 is 0 Å². The Morgan fingerprint density at radius 2 is 1.63 bits per heavy atom. The summed E-state index contributed by atoms with van der Waals surface area (Å²) in [4.78, 5) is 12.4. The van der Waals surface area contributed by atoms with Gasteiger partial charge in [-0.05, 0) is 44.6 Å². The molecule has 1 saturated carbocycles. The molecule has 0 bridgehead atoms. The van der Waals surface area contributed by atoms with Crippen LogP contribution < -0.4 is 5.32 Å². The first-order valence-electron chi connectivity index (χ1n) is 11.6. The Hall–Kier alpha value is -0.810. The molecule has 5 heteroatoms. The summed E-state index contributed by atoms with van der Waals surface area (Å²) in [5, 5.41) is 3.72. The minimum absolute atomic E-state index is 0.564. The molecule has 1 aliphatic carbocycles. The Kier molecular flexibility index (Phi) is 7.83. The van der Waals surface area contributed by atoms with Crippen LogP contribution in [0.25, 0.3) is 0 Å². The molecule has 156 valence electrons. The Morgan fingerprint density at radius 3 is 2.26 bits per heavy atom. The Morgan fingerprint density at radius 1 is 0.963 bits per heavy atom. The summed E-state index contributed by atoms with van der Waals surface area (Å²) >= 11 is 0. The van der Waals surface area contributed by atoms with E-state index in [9.17, 15) is 0 Å². The molecule has 1 N–H and O–H groups in total. The van der Waals surface area contributed by atoms with Crippen LogP contribution in [-0.4, -0.2) is 86.1 Å². The van der Waals surface area contributed by atoms with Gasteiger partial charge in [-0.3, -0.25) is 9.89 Å². The zero-order valence-electron chi connectivity index (χ0n) is 18.2. The first kappa shape index (κ1) is 20.9. The van der Waals surface area contributed by atoms with Crippen LogP contribution in [0.5, 0.6) is 0 Å². The number of aliphatic imine (C=N–C) groups is 1. The first-order valence-corrected chi connectivity index (χ1v) is 11.6. The second kappa shape index (κ2) is 10.1. The van der Waals surface area contributed by atoms with E-state index >= 15 is 0 Å². The molecule has 1 spiro atoms. The maximum Gasteiger partial charge on any atom is 0.193 e. The summed E-state index contributed by atoms with van der Waals surface area (Å²) in [6, 6.07) is 0.567. The van der Waals surface area contributed by atoms with E-state index in [4.69, 9.17) is 0 Å². The molecule has 5 nitrogen and oxygen atoms in total. The quantitative estimate of drug-likeness (QED) is 0.603. The fraction of sp³-hybridized carbons (Fsp3) is 0.955. The summed E-state index contributed by atoms with van der Waals surface area (Å²) < 4.78 is 0. The molecule has 1 atom stereocenters. The number of piperidine rings is 1. The standard InChI is InChI=1S/C22H43N5/c1-4-25-14-16-26(17-15-25)20(2)18-24-21(23-3)27-13-9-12-22(19-27)10-7-5-6-8-11-22/h20H,4-19H2,1-3H3,(H,23,24). The Balaban J connectivity index is 1.49. The topological polar surface area (TPSA) is 34.1 Å². The lowest BCUT2D eigenvalue weighted by Gasteiger charge is -2.44. The number of hydrogen-bond acceptors (Lipinski definition) is 3. The SMILES string of the molecule is CCN1CCN(C(C)CNC(=NC)N2CCCC3(CCCCCC3)C2)CC1. The van der Waals surface area contributed by atoms with Gasteiger partial charge in [0.2, 0.25) is 0 Å². The van der Waals surface area contributed by atoms with Gasteiger partial charge in [0, 0.05) is 58.9 Å². The molecule has 3 fully saturated rings. The molecule has 0 aromatic rings. The van der Waals surface area contributed by atoms with Crippen LogP contribution in [0, 0.1) is 5.41 Å². The molecule has 27 heavy (non-hydrogen) atoms. The van der Waals surface area contributed by atoms with E-state index in [1.807, 2.05) is 7.05 Å². The summed E-state index contributed by atoms with van der Waals surface area (Å²) in [6.45, 7) is 14.0. The highest BCUT2D eigenvalue weighted by Crippen LogP contribution is 2.42.